The summed E-state index contributed by atoms with van der Waals surface area (Å²) >= 11 is 1.87. The van der Waals surface area contributed by atoms with E-state index in [9.17, 15) is 0 Å². The van der Waals surface area contributed by atoms with Gasteiger partial charge in [-0.1, -0.05) is 78.4 Å². The van der Waals surface area contributed by atoms with Crippen LogP contribution in [-0.4, -0.2) is 0 Å². The van der Waals surface area contributed by atoms with E-state index in [1.807, 2.05) is 11.3 Å². The molecular weight excluding hydrogens is 332 g/mol. The smallest absolute Gasteiger partial charge is 0.0361 e. The Bertz CT molecular complexity index is 1230. The zero-order valence-corrected chi connectivity index (χ0v) is 15.4. The Morgan fingerprint density at radius 1 is 0.500 bits per heavy atom. The highest BCUT2D eigenvalue weighted by Crippen LogP contribution is 2.36. The largest absolute Gasteiger partial charge is 0.135 e. The predicted octanol–water partition coefficient (Wildman–Crippen LogP) is 7.70. The molecule has 4 aromatic carbocycles. The maximum atomic E-state index is 2.33. The summed E-state index contributed by atoms with van der Waals surface area (Å²) in [5.41, 5.74) is 6.36. The quantitative estimate of drug-likeness (QED) is 0.306. The molecule has 26 heavy (non-hydrogen) atoms. The average Bonchev–Trinajstić information content (AvgIpc) is 3.06. The number of thiophene rings is 1. The summed E-state index contributed by atoms with van der Waals surface area (Å²) in [7, 11) is 0. The first-order valence-electron chi connectivity index (χ1n) is 8.87. The molecule has 0 spiro atoms. The lowest BCUT2D eigenvalue weighted by atomic mass is 9.98. The molecule has 0 unspecified atom stereocenters. The van der Waals surface area contributed by atoms with Gasteiger partial charge in [0.05, 0.1) is 0 Å². The van der Waals surface area contributed by atoms with Crippen molar-refractivity contribution in [2.24, 2.45) is 0 Å². The Morgan fingerprint density at radius 3 is 2.00 bits per heavy atom. The molecule has 124 valence electrons. The molecule has 0 nitrogen and oxygen atoms in total. The lowest BCUT2D eigenvalue weighted by molar-refractivity contribution is 1.47. The van der Waals surface area contributed by atoms with Crippen LogP contribution in [0.4, 0.5) is 0 Å². The van der Waals surface area contributed by atoms with E-state index in [-0.39, 0.29) is 0 Å². The van der Waals surface area contributed by atoms with Crippen molar-refractivity contribution in [3.8, 4) is 22.3 Å². The van der Waals surface area contributed by atoms with Crippen molar-refractivity contribution in [1.29, 1.82) is 0 Å². The lowest BCUT2D eigenvalue weighted by Crippen LogP contribution is -1.82. The van der Waals surface area contributed by atoms with Crippen LogP contribution in [0.5, 0.6) is 0 Å². The fraction of sp³-hybridized carbons (Fsp3) is 0.0400. The third-order valence-electron chi connectivity index (χ3n) is 4.96. The van der Waals surface area contributed by atoms with Crippen LogP contribution in [0.15, 0.2) is 91.0 Å². The van der Waals surface area contributed by atoms with E-state index in [1.54, 1.807) is 0 Å². The second-order valence-corrected chi connectivity index (χ2v) is 7.84. The number of benzene rings is 4. The molecule has 0 atom stereocenters. The molecule has 0 saturated heterocycles. The van der Waals surface area contributed by atoms with Gasteiger partial charge in [-0.05, 0) is 47.4 Å². The molecule has 0 radical (unpaired) electrons. The number of fused-ring (bicyclic) bond motifs is 3. The van der Waals surface area contributed by atoms with Crippen molar-refractivity contribution in [2.45, 2.75) is 6.92 Å². The van der Waals surface area contributed by atoms with Crippen molar-refractivity contribution < 1.29 is 0 Å². The normalized spacial score (nSPS) is 11.3. The summed E-state index contributed by atoms with van der Waals surface area (Å²) in [6.45, 7) is 2.13. The third kappa shape index (κ3) is 2.61. The highest BCUT2D eigenvalue weighted by molar-refractivity contribution is 7.25. The predicted molar refractivity (Wildman–Crippen MR) is 115 cm³/mol. The van der Waals surface area contributed by atoms with Crippen molar-refractivity contribution in [3.05, 3.63) is 96.6 Å². The molecule has 1 heteroatoms. The summed E-state index contributed by atoms with van der Waals surface area (Å²) in [6, 6.07) is 33.1. The molecule has 0 fully saturated rings. The summed E-state index contributed by atoms with van der Waals surface area (Å²) in [5.74, 6) is 0. The van der Waals surface area contributed by atoms with Crippen LogP contribution in [0.25, 0.3) is 42.4 Å². The number of hydrogen-bond donors (Lipinski definition) is 0. The third-order valence-corrected chi connectivity index (χ3v) is 6.09. The Labute approximate surface area is 157 Å². The van der Waals surface area contributed by atoms with E-state index >= 15 is 0 Å². The number of hydrogen-bond acceptors (Lipinski definition) is 1. The maximum absolute atomic E-state index is 2.33. The van der Waals surface area contributed by atoms with Gasteiger partial charge in [-0.15, -0.1) is 11.3 Å². The summed E-state index contributed by atoms with van der Waals surface area (Å²) in [5, 5.41) is 2.71. The standard InChI is InChI=1S/C25H18S/c1-17-9-11-18(12-10-17)19-5-4-6-20(15-19)21-13-14-23-22-7-2-3-8-24(22)26-25(23)16-21/h2-16H,1H3. The highest BCUT2D eigenvalue weighted by Gasteiger charge is 2.07. The van der Waals surface area contributed by atoms with Crippen LogP contribution in [0, 0.1) is 6.92 Å². The van der Waals surface area contributed by atoms with Gasteiger partial charge < -0.3 is 0 Å². The minimum atomic E-state index is 1.26. The van der Waals surface area contributed by atoms with Gasteiger partial charge in [0.25, 0.3) is 0 Å². The average molecular weight is 350 g/mol. The van der Waals surface area contributed by atoms with Crippen LogP contribution in [0.2, 0.25) is 0 Å². The summed E-state index contributed by atoms with van der Waals surface area (Å²) < 4.78 is 2.71. The fourth-order valence-corrected chi connectivity index (χ4v) is 4.68. The summed E-state index contributed by atoms with van der Waals surface area (Å²) in [4.78, 5) is 0. The molecule has 0 bridgehead atoms. The molecule has 1 heterocycles. The Balaban J connectivity index is 1.62. The van der Waals surface area contributed by atoms with Crippen molar-refractivity contribution in [1.82, 2.24) is 0 Å². The second kappa shape index (κ2) is 6.12. The van der Waals surface area contributed by atoms with E-state index in [0.29, 0.717) is 0 Å². The van der Waals surface area contributed by atoms with Crippen LogP contribution < -0.4 is 0 Å². The van der Waals surface area contributed by atoms with E-state index in [1.165, 1.54) is 48.0 Å². The molecular formula is C25H18S. The van der Waals surface area contributed by atoms with E-state index in [0.717, 1.165) is 0 Å². The van der Waals surface area contributed by atoms with Gasteiger partial charge in [-0.3, -0.25) is 0 Å². The zero-order chi connectivity index (χ0) is 17.5. The van der Waals surface area contributed by atoms with Crippen LogP contribution in [0.1, 0.15) is 5.56 Å². The molecule has 0 aliphatic heterocycles. The number of aryl methyl sites for hydroxylation is 1. The van der Waals surface area contributed by atoms with E-state index in [4.69, 9.17) is 0 Å². The molecule has 1 aromatic heterocycles. The molecule has 5 rings (SSSR count). The van der Waals surface area contributed by atoms with Gasteiger partial charge >= 0.3 is 0 Å². The van der Waals surface area contributed by atoms with Gasteiger partial charge in [0.2, 0.25) is 0 Å². The van der Waals surface area contributed by atoms with Crippen molar-refractivity contribution >= 4 is 31.5 Å². The van der Waals surface area contributed by atoms with E-state index in [2.05, 4.69) is 97.9 Å². The highest BCUT2D eigenvalue weighted by atomic mass is 32.1. The molecule has 0 aliphatic carbocycles. The fourth-order valence-electron chi connectivity index (χ4n) is 3.53. The van der Waals surface area contributed by atoms with Gasteiger partial charge in [0, 0.05) is 20.2 Å². The van der Waals surface area contributed by atoms with Gasteiger partial charge in [-0.2, -0.15) is 0 Å². The monoisotopic (exact) mass is 350 g/mol. The van der Waals surface area contributed by atoms with Crippen LogP contribution in [-0.2, 0) is 0 Å². The Kier molecular flexibility index (Phi) is 3.62. The first-order valence-corrected chi connectivity index (χ1v) is 9.68. The zero-order valence-electron chi connectivity index (χ0n) is 14.6. The number of rotatable bonds is 2. The second-order valence-electron chi connectivity index (χ2n) is 6.76. The van der Waals surface area contributed by atoms with E-state index < -0.39 is 0 Å². The Hall–Kier alpha value is -2.90. The van der Waals surface area contributed by atoms with Gasteiger partial charge in [0.15, 0.2) is 0 Å². The molecule has 0 saturated carbocycles. The Morgan fingerprint density at radius 2 is 1.15 bits per heavy atom. The summed E-state index contributed by atoms with van der Waals surface area (Å²) in [6.07, 6.45) is 0. The minimum absolute atomic E-state index is 1.26. The first-order chi connectivity index (χ1) is 12.8. The van der Waals surface area contributed by atoms with Gasteiger partial charge in [-0.25, -0.2) is 0 Å². The van der Waals surface area contributed by atoms with Gasteiger partial charge in [0.1, 0.15) is 0 Å². The first kappa shape index (κ1) is 15.4. The van der Waals surface area contributed by atoms with Crippen LogP contribution in [0.3, 0.4) is 0 Å². The SMILES string of the molecule is Cc1ccc(-c2cccc(-c3ccc4c(c3)sc3ccccc34)c2)cc1. The minimum Gasteiger partial charge on any atom is -0.135 e. The maximum Gasteiger partial charge on any atom is 0.0361 e. The molecule has 5 aromatic rings. The molecule has 0 aliphatic rings. The molecule has 0 N–H and O–H groups in total. The van der Waals surface area contributed by atoms with Crippen molar-refractivity contribution in [3.63, 3.8) is 0 Å². The van der Waals surface area contributed by atoms with Crippen LogP contribution >= 0.6 is 11.3 Å². The van der Waals surface area contributed by atoms with Crippen molar-refractivity contribution in [2.75, 3.05) is 0 Å². The lowest BCUT2D eigenvalue weighted by Gasteiger charge is -2.07. The topological polar surface area (TPSA) is 0 Å². The molecule has 0 amide bonds.